The molecule has 27 heavy (non-hydrogen) atoms. The lowest BCUT2D eigenvalue weighted by atomic mass is 9.65. The van der Waals surface area contributed by atoms with Gasteiger partial charge in [0.25, 0.3) is 0 Å². The van der Waals surface area contributed by atoms with Gasteiger partial charge in [-0.3, -0.25) is 9.59 Å². The van der Waals surface area contributed by atoms with E-state index in [4.69, 9.17) is 0 Å². The van der Waals surface area contributed by atoms with Gasteiger partial charge < -0.3 is 14.7 Å². The van der Waals surface area contributed by atoms with E-state index < -0.39 is 0 Å². The summed E-state index contributed by atoms with van der Waals surface area (Å²) in [6, 6.07) is 0. The molecule has 2 saturated carbocycles. The molecule has 0 aromatic carbocycles. The second kappa shape index (κ2) is 6.47. The molecule has 3 saturated heterocycles. The molecule has 0 bridgehead atoms. The molecule has 3 heterocycles. The van der Waals surface area contributed by atoms with Gasteiger partial charge in [-0.05, 0) is 69.2 Å². The molecule has 5 nitrogen and oxygen atoms in total. The quantitative estimate of drug-likeness (QED) is 0.763. The highest BCUT2D eigenvalue weighted by molar-refractivity contribution is 5.85. The third-order valence-corrected chi connectivity index (χ3v) is 8.69. The average molecular weight is 374 g/mol. The summed E-state index contributed by atoms with van der Waals surface area (Å²) in [6.07, 6.45) is 9.04. The van der Waals surface area contributed by atoms with E-state index in [0.717, 1.165) is 77.9 Å². The minimum absolute atomic E-state index is 0.136. The summed E-state index contributed by atoms with van der Waals surface area (Å²) < 4.78 is 0. The van der Waals surface area contributed by atoms with Gasteiger partial charge in [0.15, 0.2) is 0 Å². The first-order valence-corrected chi connectivity index (χ1v) is 11.4. The number of carbonyl (C=O) groups is 2. The van der Waals surface area contributed by atoms with Crippen molar-refractivity contribution < 1.29 is 9.59 Å². The van der Waals surface area contributed by atoms with Crippen molar-refractivity contribution >= 4 is 11.8 Å². The summed E-state index contributed by atoms with van der Waals surface area (Å²) in [5, 5.41) is 0. The Hall–Kier alpha value is -1.10. The Bertz CT molecular complexity index is 617. The molecule has 3 aliphatic heterocycles. The number of nitrogens with zero attached hydrogens (tertiary/aromatic N) is 3. The number of likely N-dealkylation sites (tertiary alicyclic amines) is 3. The van der Waals surface area contributed by atoms with Crippen molar-refractivity contribution in [1.29, 1.82) is 0 Å². The molecule has 5 rings (SSSR count). The molecule has 0 unspecified atom stereocenters. The van der Waals surface area contributed by atoms with E-state index in [2.05, 4.69) is 21.6 Å². The molecule has 5 fully saturated rings. The van der Waals surface area contributed by atoms with E-state index >= 15 is 0 Å². The van der Waals surface area contributed by atoms with Gasteiger partial charge in [0, 0.05) is 45.2 Å². The van der Waals surface area contributed by atoms with E-state index in [-0.39, 0.29) is 5.41 Å². The van der Waals surface area contributed by atoms with Crippen molar-refractivity contribution in [3.05, 3.63) is 0 Å². The minimum atomic E-state index is -0.136. The number of hydrogen-bond acceptors (Lipinski definition) is 3. The Labute approximate surface area is 163 Å². The zero-order chi connectivity index (χ0) is 18.6. The normalized spacial score (nSPS) is 35.8. The van der Waals surface area contributed by atoms with E-state index in [1.165, 1.54) is 19.3 Å². The van der Waals surface area contributed by atoms with Crippen molar-refractivity contribution in [2.75, 3.05) is 45.8 Å². The maximum Gasteiger partial charge on any atom is 0.230 e. The van der Waals surface area contributed by atoms with Gasteiger partial charge >= 0.3 is 0 Å². The summed E-state index contributed by atoms with van der Waals surface area (Å²) in [5.74, 6) is 1.70. The zero-order valence-corrected chi connectivity index (χ0v) is 16.9. The molecular weight excluding hydrogens is 338 g/mol. The third kappa shape index (κ3) is 2.75. The van der Waals surface area contributed by atoms with Crippen molar-refractivity contribution in [3.8, 4) is 0 Å². The maximum atomic E-state index is 13.6. The zero-order valence-electron chi connectivity index (χ0n) is 16.9. The number of fused-ring (bicyclic) bond motifs is 2. The predicted molar refractivity (Wildman–Crippen MR) is 104 cm³/mol. The first-order valence-electron chi connectivity index (χ1n) is 11.4. The monoisotopic (exact) mass is 373 g/mol. The van der Waals surface area contributed by atoms with Crippen LogP contribution in [0.2, 0.25) is 0 Å². The molecule has 2 aliphatic carbocycles. The number of rotatable bonds is 3. The SMILES string of the molecule is CCN1C[C@H]2C3(CCN(C(=O)C4CC4)CC3)CC[C@@]2(C(=O)N2CCCC2)C1. The Morgan fingerprint density at radius 2 is 1.63 bits per heavy atom. The van der Waals surface area contributed by atoms with Crippen LogP contribution >= 0.6 is 0 Å². The van der Waals surface area contributed by atoms with Gasteiger partial charge in [-0.1, -0.05) is 6.92 Å². The highest BCUT2D eigenvalue weighted by Crippen LogP contribution is 2.62. The molecule has 0 aromatic rings. The summed E-state index contributed by atoms with van der Waals surface area (Å²) >= 11 is 0. The fourth-order valence-corrected chi connectivity index (χ4v) is 6.84. The summed E-state index contributed by atoms with van der Waals surface area (Å²) in [4.78, 5) is 33.0. The Balaban J connectivity index is 1.36. The number of carbonyl (C=O) groups excluding carboxylic acids is 2. The highest BCUT2D eigenvalue weighted by atomic mass is 16.2. The minimum Gasteiger partial charge on any atom is -0.342 e. The lowest BCUT2D eigenvalue weighted by Gasteiger charge is -2.45. The van der Waals surface area contributed by atoms with Crippen molar-refractivity contribution in [2.24, 2.45) is 22.7 Å². The van der Waals surface area contributed by atoms with E-state index in [0.29, 0.717) is 29.1 Å². The van der Waals surface area contributed by atoms with Crippen LogP contribution in [0, 0.1) is 22.7 Å². The molecular formula is C22H35N3O2. The van der Waals surface area contributed by atoms with Crippen LogP contribution < -0.4 is 0 Å². The van der Waals surface area contributed by atoms with Crippen LogP contribution in [0.15, 0.2) is 0 Å². The van der Waals surface area contributed by atoms with E-state index in [1.807, 2.05) is 0 Å². The first-order chi connectivity index (χ1) is 13.1. The molecule has 1 spiro atoms. The molecule has 0 radical (unpaired) electrons. The van der Waals surface area contributed by atoms with Gasteiger partial charge in [-0.15, -0.1) is 0 Å². The third-order valence-electron chi connectivity index (χ3n) is 8.69. The maximum absolute atomic E-state index is 13.6. The van der Waals surface area contributed by atoms with Gasteiger partial charge in [0.2, 0.25) is 11.8 Å². The van der Waals surface area contributed by atoms with Crippen molar-refractivity contribution in [3.63, 3.8) is 0 Å². The molecule has 2 atom stereocenters. The fourth-order valence-electron chi connectivity index (χ4n) is 6.84. The van der Waals surface area contributed by atoms with Crippen LogP contribution in [0.5, 0.6) is 0 Å². The van der Waals surface area contributed by atoms with Gasteiger partial charge in [0.05, 0.1) is 5.41 Å². The summed E-state index contributed by atoms with van der Waals surface area (Å²) in [7, 11) is 0. The Morgan fingerprint density at radius 1 is 0.926 bits per heavy atom. The van der Waals surface area contributed by atoms with E-state index in [1.54, 1.807) is 0 Å². The fraction of sp³-hybridized carbons (Fsp3) is 0.909. The van der Waals surface area contributed by atoms with Crippen LogP contribution in [0.1, 0.15) is 58.3 Å². The highest BCUT2D eigenvalue weighted by Gasteiger charge is 2.64. The van der Waals surface area contributed by atoms with Gasteiger partial charge in [0.1, 0.15) is 0 Å². The number of amides is 2. The second-order valence-electron chi connectivity index (χ2n) is 10.00. The van der Waals surface area contributed by atoms with Crippen LogP contribution in [0.25, 0.3) is 0 Å². The smallest absolute Gasteiger partial charge is 0.230 e. The van der Waals surface area contributed by atoms with E-state index in [9.17, 15) is 9.59 Å². The standard InChI is InChI=1S/C22H35N3O2/c1-2-23-15-18-21(9-13-24(14-10-21)19(26)17-5-6-17)7-8-22(18,16-23)20(27)25-11-3-4-12-25/h17-18H,2-16H2,1H3/t18-,22+/m0/s1. The number of hydrogen-bond donors (Lipinski definition) is 0. The average Bonchev–Trinajstić information content (AvgIpc) is 3.15. The Kier molecular flexibility index (Phi) is 4.30. The topological polar surface area (TPSA) is 43.9 Å². The molecule has 5 aliphatic rings. The lowest BCUT2D eigenvalue weighted by molar-refractivity contribution is -0.144. The molecule has 0 N–H and O–H groups in total. The predicted octanol–water partition coefficient (Wildman–Crippen LogP) is 2.36. The van der Waals surface area contributed by atoms with Crippen LogP contribution in [-0.4, -0.2) is 72.3 Å². The van der Waals surface area contributed by atoms with Crippen molar-refractivity contribution in [1.82, 2.24) is 14.7 Å². The molecule has 0 aromatic heterocycles. The lowest BCUT2D eigenvalue weighted by Crippen LogP contribution is -2.50. The van der Waals surface area contributed by atoms with Crippen LogP contribution in [0.4, 0.5) is 0 Å². The van der Waals surface area contributed by atoms with Crippen LogP contribution in [-0.2, 0) is 9.59 Å². The van der Waals surface area contributed by atoms with Gasteiger partial charge in [-0.2, -0.15) is 0 Å². The second-order valence-corrected chi connectivity index (χ2v) is 10.00. The summed E-state index contributed by atoms with van der Waals surface area (Å²) in [5.41, 5.74) is 0.155. The largest absolute Gasteiger partial charge is 0.342 e. The molecule has 2 amide bonds. The van der Waals surface area contributed by atoms with Crippen LogP contribution in [0.3, 0.4) is 0 Å². The molecule has 5 heteroatoms. The summed E-state index contributed by atoms with van der Waals surface area (Å²) in [6.45, 7) is 9.12. The first kappa shape index (κ1) is 18.0. The van der Waals surface area contributed by atoms with Crippen molar-refractivity contribution in [2.45, 2.75) is 58.3 Å². The van der Waals surface area contributed by atoms with Gasteiger partial charge in [-0.25, -0.2) is 0 Å². The number of piperidine rings is 1. The Morgan fingerprint density at radius 3 is 2.26 bits per heavy atom. The molecule has 150 valence electrons.